The van der Waals surface area contributed by atoms with Crippen molar-refractivity contribution in [2.45, 2.75) is 30.9 Å². The number of halogens is 3. The number of anilines is 1. The van der Waals surface area contributed by atoms with Crippen molar-refractivity contribution in [2.75, 3.05) is 37.6 Å². The summed E-state index contributed by atoms with van der Waals surface area (Å²) < 4.78 is 38.4. The standard InChI is InChI=1S/C16H22F3N3O3/c17-16(18,19)13-2-1-3-14(20-13)22-5-4-10(7-22)6-21-8-11(23)15(25)12(24)9-21/h1-3,10-12,15,23-25H,4-9H2/t10-,11-,12+,15+/m1/s1. The van der Waals surface area contributed by atoms with E-state index in [-0.39, 0.29) is 19.0 Å². The number of pyridine rings is 1. The Kier molecular flexibility index (Phi) is 5.19. The van der Waals surface area contributed by atoms with Crippen LogP contribution in [0.15, 0.2) is 18.2 Å². The van der Waals surface area contributed by atoms with E-state index in [0.717, 1.165) is 12.5 Å². The predicted octanol–water partition coefficient (Wildman–Crippen LogP) is 0.325. The quantitative estimate of drug-likeness (QED) is 0.720. The summed E-state index contributed by atoms with van der Waals surface area (Å²) >= 11 is 0. The van der Waals surface area contributed by atoms with Crippen molar-refractivity contribution >= 4 is 5.82 Å². The van der Waals surface area contributed by atoms with E-state index in [1.165, 1.54) is 6.07 Å². The predicted molar refractivity (Wildman–Crippen MR) is 84.0 cm³/mol. The third-order valence-corrected chi connectivity index (χ3v) is 4.83. The Morgan fingerprint density at radius 3 is 2.40 bits per heavy atom. The van der Waals surface area contributed by atoms with Gasteiger partial charge in [-0.2, -0.15) is 13.2 Å². The van der Waals surface area contributed by atoms with Crippen molar-refractivity contribution in [1.29, 1.82) is 0 Å². The van der Waals surface area contributed by atoms with Crippen LogP contribution in [0, 0.1) is 5.92 Å². The summed E-state index contributed by atoms with van der Waals surface area (Å²) in [5.74, 6) is 0.512. The second kappa shape index (κ2) is 7.06. The molecule has 2 saturated heterocycles. The van der Waals surface area contributed by atoms with Crippen LogP contribution in [-0.4, -0.2) is 76.2 Å². The largest absolute Gasteiger partial charge is 0.433 e. The van der Waals surface area contributed by atoms with Crippen molar-refractivity contribution in [1.82, 2.24) is 9.88 Å². The fourth-order valence-electron chi connectivity index (χ4n) is 3.54. The number of aliphatic hydroxyl groups is 3. The number of hydrogen-bond acceptors (Lipinski definition) is 6. The van der Waals surface area contributed by atoms with Crippen molar-refractivity contribution < 1.29 is 28.5 Å². The van der Waals surface area contributed by atoms with Gasteiger partial charge in [-0.25, -0.2) is 4.98 Å². The molecule has 0 spiro atoms. The SMILES string of the molecule is O[C@H]1[C@H](O)CN(C[C@H]2CCN(c3cccc(C(F)(F)F)n3)C2)C[C@@H]1O. The van der Waals surface area contributed by atoms with Crippen LogP contribution < -0.4 is 4.90 Å². The highest BCUT2D eigenvalue weighted by Crippen LogP contribution is 2.30. The highest BCUT2D eigenvalue weighted by atomic mass is 19.4. The second-order valence-corrected chi connectivity index (χ2v) is 6.82. The van der Waals surface area contributed by atoms with Crippen LogP contribution in [0.4, 0.5) is 19.0 Å². The molecule has 1 aromatic heterocycles. The normalized spacial score (nSPS) is 31.5. The Balaban J connectivity index is 1.59. The molecule has 2 fully saturated rings. The van der Waals surface area contributed by atoms with Gasteiger partial charge in [-0.1, -0.05) is 6.07 Å². The van der Waals surface area contributed by atoms with Gasteiger partial charge in [-0.15, -0.1) is 0 Å². The first-order valence-electron chi connectivity index (χ1n) is 8.30. The first kappa shape index (κ1) is 18.4. The summed E-state index contributed by atoms with van der Waals surface area (Å²) in [5.41, 5.74) is -0.898. The van der Waals surface area contributed by atoms with Gasteiger partial charge in [0.05, 0.1) is 12.2 Å². The van der Waals surface area contributed by atoms with Gasteiger partial charge in [0, 0.05) is 32.7 Å². The monoisotopic (exact) mass is 361 g/mol. The van der Waals surface area contributed by atoms with Crippen LogP contribution in [0.2, 0.25) is 0 Å². The highest BCUT2D eigenvalue weighted by molar-refractivity contribution is 5.41. The Morgan fingerprint density at radius 2 is 1.76 bits per heavy atom. The number of piperidine rings is 1. The molecule has 2 aliphatic rings. The molecule has 140 valence electrons. The molecular weight excluding hydrogens is 339 g/mol. The number of rotatable bonds is 3. The van der Waals surface area contributed by atoms with E-state index in [9.17, 15) is 28.5 Å². The summed E-state index contributed by atoms with van der Waals surface area (Å²) in [5, 5.41) is 29.1. The molecule has 3 N–H and O–H groups in total. The molecule has 0 bridgehead atoms. The fraction of sp³-hybridized carbons (Fsp3) is 0.688. The Bertz CT molecular complexity index is 589. The van der Waals surface area contributed by atoms with E-state index < -0.39 is 30.2 Å². The third kappa shape index (κ3) is 4.22. The highest BCUT2D eigenvalue weighted by Gasteiger charge is 2.36. The molecular formula is C16H22F3N3O3. The average molecular weight is 361 g/mol. The molecule has 25 heavy (non-hydrogen) atoms. The second-order valence-electron chi connectivity index (χ2n) is 6.82. The van der Waals surface area contributed by atoms with Crippen LogP contribution >= 0.6 is 0 Å². The maximum Gasteiger partial charge on any atom is 0.433 e. The molecule has 0 saturated carbocycles. The van der Waals surface area contributed by atoms with Gasteiger partial charge in [0.25, 0.3) is 0 Å². The number of nitrogens with zero attached hydrogens (tertiary/aromatic N) is 3. The minimum Gasteiger partial charge on any atom is -0.389 e. The van der Waals surface area contributed by atoms with Gasteiger partial charge in [0.15, 0.2) is 0 Å². The van der Waals surface area contributed by atoms with Gasteiger partial charge in [0.1, 0.15) is 17.6 Å². The molecule has 6 nitrogen and oxygen atoms in total. The summed E-state index contributed by atoms with van der Waals surface area (Å²) in [4.78, 5) is 7.43. The maximum atomic E-state index is 12.8. The smallest absolute Gasteiger partial charge is 0.389 e. The molecule has 0 aromatic carbocycles. The van der Waals surface area contributed by atoms with Crippen LogP contribution in [-0.2, 0) is 6.18 Å². The number of likely N-dealkylation sites (tertiary alicyclic amines) is 1. The lowest BCUT2D eigenvalue weighted by Gasteiger charge is -2.38. The van der Waals surface area contributed by atoms with Gasteiger partial charge in [0.2, 0.25) is 0 Å². The minimum absolute atomic E-state index is 0.200. The molecule has 3 heterocycles. The lowest BCUT2D eigenvalue weighted by atomic mass is 10.00. The van der Waals surface area contributed by atoms with E-state index in [1.807, 2.05) is 9.80 Å². The van der Waals surface area contributed by atoms with Crippen LogP contribution in [0.25, 0.3) is 0 Å². The number of alkyl halides is 3. The third-order valence-electron chi connectivity index (χ3n) is 4.83. The van der Waals surface area contributed by atoms with Crippen LogP contribution in [0.5, 0.6) is 0 Å². The first-order valence-corrected chi connectivity index (χ1v) is 8.30. The topological polar surface area (TPSA) is 80.1 Å². The molecule has 9 heteroatoms. The van der Waals surface area contributed by atoms with Crippen LogP contribution in [0.3, 0.4) is 0 Å². The average Bonchev–Trinajstić information content (AvgIpc) is 3.00. The Morgan fingerprint density at radius 1 is 1.08 bits per heavy atom. The van der Waals surface area contributed by atoms with E-state index in [0.29, 0.717) is 25.5 Å². The van der Waals surface area contributed by atoms with Gasteiger partial charge >= 0.3 is 6.18 Å². The zero-order valence-corrected chi connectivity index (χ0v) is 13.6. The molecule has 3 rings (SSSR count). The van der Waals surface area contributed by atoms with Gasteiger partial charge in [-0.05, 0) is 24.5 Å². The minimum atomic E-state index is -4.46. The number of hydrogen-bond donors (Lipinski definition) is 3. The Hall–Kier alpha value is -1.42. The van der Waals surface area contributed by atoms with E-state index in [1.54, 1.807) is 6.07 Å². The lowest BCUT2D eigenvalue weighted by Crippen LogP contribution is -2.56. The summed E-state index contributed by atoms with van der Waals surface area (Å²) in [6.07, 6.45) is -6.79. The van der Waals surface area contributed by atoms with E-state index in [4.69, 9.17) is 0 Å². The summed E-state index contributed by atoms with van der Waals surface area (Å²) in [6, 6.07) is 3.89. The number of β-amino-alcohol motifs (C(OH)–C–C–N with tert-alkyl or cyclic N) is 2. The zero-order chi connectivity index (χ0) is 18.2. The van der Waals surface area contributed by atoms with Crippen molar-refractivity contribution in [3.8, 4) is 0 Å². The number of aliphatic hydroxyl groups excluding tert-OH is 3. The zero-order valence-electron chi connectivity index (χ0n) is 13.6. The van der Waals surface area contributed by atoms with E-state index >= 15 is 0 Å². The van der Waals surface area contributed by atoms with E-state index in [2.05, 4.69) is 4.98 Å². The first-order chi connectivity index (χ1) is 11.7. The molecule has 4 atom stereocenters. The van der Waals surface area contributed by atoms with Crippen LogP contribution in [0.1, 0.15) is 12.1 Å². The summed E-state index contributed by atoms with van der Waals surface area (Å²) in [6.45, 7) is 2.34. The molecule has 2 aliphatic heterocycles. The molecule has 0 amide bonds. The van der Waals surface area contributed by atoms with Crippen molar-refractivity contribution in [3.05, 3.63) is 23.9 Å². The van der Waals surface area contributed by atoms with Crippen molar-refractivity contribution in [2.24, 2.45) is 5.92 Å². The number of aromatic nitrogens is 1. The van der Waals surface area contributed by atoms with Gasteiger partial charge < -0.3 is 20.2 Å². The maximum absolute atomic E-state index is 12.8. The molecule has 0 aliphatic carbocycles. The molecule has 0 radical (unpaired) electrons. The summed E-state index contributed by atoms with van der Waals surface area (Å²) in [7, 11) is 0. The van der Waals surface area contributed by atoms with Gasteiger partial charge in [-0.3, -0.25) is 4.90 Å². The molecule has 1 aromatic rings. The Labute approximate surface area is 143 Å². The molecule has 0 unspecified atom stereocenters. The lowest BCUT2D eigenvalue weighted by molar-refractivity contribution is -0.141. The van der Waals surface area contributed by atoms with Crippen molar-refractivity contribution in [3.63, 3.8) is 0 Å². The fourth-order valence-corrected chi connectivity index (χ4v) is 3.54.